The molecular weight excluding hydrogens is 214 g/mol. The first kappa shape index (κ1) is 9.43. The topological polar surface area (TPSA) is 26.0 Å². The predicted octanol–water partition coefficient (Wildman–Crippen LogP) is 4.15. The Morgan fingerprint density at radius 2 is 1.56 bits per heavy atom. The van der Waals surface area contributed by atoms with Crippen LogP contribution in [0, 0.1) is 0 Å². The summed E-state index contributed by atoms with van der Waals surface area (Å²) in [5.74, 6) is 0. The van der Waals surface area contributed by atoms with Crippen LogP contribution in [0.3, 0.4) is 0 Å². The molecule has 0 amide bonds. The van der Waals surface area contributed by atoms with Crippen LogP contribution in [-0.4, -0.2) is 0 Å². The van der Waals surface area contributed by atoms with E-state index in [4.69, 9.17) is 5.73 Å². The number of benzene rings is 2. The number of thiophene rings is 1. The third-order valence-corrected chi connectivity index (χ3v) is 3.70. The molecule has 1 heterocycles. The molecule has 0 atom stereocenters. The highest BCUT2D eigenvalue weighted by Crippen LogP contribution is 2.36. The van der Waals surface area contributed by atoms with Crippen molar-refractivity contribution in [1.29, 1.82) is 0 Å². The van der Waals surface area contributed by atoms with Crippen LogP contribution in [-0.2, 0) is 0 Å². The summed E-state index contributed by atoms with van der Waals surface area (Å²) in [4.78, 5) is 0. The Kier molecular flexibility index (Phi) is 2.15. The Morgan fingerprint density at radius 3 is 2.44 bits per heavy atom. The molecule has 1 nitrogen and oxygen atoms in total. The Bertz CT molecular complexity index is 640. The molecule has 0 spiro atoms. The maximum atomic E-state index is 6.01. The van der Waals surface area contributed by atoms with Gasteiger partial charge in [0.25, 0.3) is 0 Å². The second-order valence-corrected chi connectivity index (χ2v) is 4.64. The number of anilines is 1. The van der Waals surface area contributed by atoms with Gasteiger partial charge in [0.1, 0.15) is 0 Å². The first-order valence-electron chi connectivity index (χ1n) is 5.17. The number of nitrogen functional groups attached to an aromatic ring is 1. The number of hydrogen-bond acceptors (Lipinski definition) is 2. The molecule has 0 saturated heterocycles. The van der Waals surface area contributed by atoms with Gasteiger partial charge < -0.3 is 5.73 Å². The van der Waals surface area contributed by atoms with Crippen LogP contribution < -0.4 is 5.73 Å². The second kappa shape index (κ2) is 3.65. The van der Waals surface area contributed by atoms with Gasteiger partial charge in [0, 0.05) is 26.9 Å². The first-order valence-corrected chi connectivity index (χ1v) is 6.05. The summed E-state index contributed by atoms with van der Waals surface area (Å²) in [6.07, 6.45) is 0. The van der Waals surface area contributed by atoms with E-state index in [0.29, 0.717) is 0 Å². The fourth-order valence-electron chi connectivity index (χ4n) is 1.93. The van der Waals surface area contributed by atoms with Gasteiger partial charge in [0.2, 0.25) is 0 Å². The molecule has 2 aromatic carbocycles. The summed E-state index contributed by atoms with van der Waals surface area (Å²) in [6, 6.07) is 16.4. The normalized spacial score (nSPS) is 10.8. The van der Waals surface area contributed by atoms with Crippen molar-refractivity contribution in [3.63, 3.8) is 0 Å². The van der Waals surface area contributed by atoms with Crippen molar-refractivity contribution in [2.45, 2.75) is 0 Å². The summed E-state index contributed by atoms with van der Waals surface area (Å²) in [5, 5.41) is 3.46. The summed E-state index contributed by atoms with van der Waals surface area (Å²) in [7, 11) is 0. The van der Waals surface area contributed by atoms with E-state index < -0.39 is 0 Å². The summed E-state index contributed by atoms with van der Waals surface area (Å²) < 4.78 is 1.31. The van der Waals surface area contributed by atoms with Gasteiger partial charge in [-0.25, -0.2) is 0 Å². The average Bonchev–Trinajstić information content (AvgIpc) is 2.74. The van der Waals surface area contributed by atoms with Crippen molar-refractivity contribution in [3.05, 3.63) is 53.9 Å². The van der Waals surface area contributed by atoms with Crippen LogP contribution in [0.25, 0.3) is 21.2 Å². The summed E-state index contributed by atoms with van der Waals surface area (Å²) >= 11 is 1.76. The van der Waals surface area contributed by atoms with E-state index in [2.05, 4.69) is 35.7 Å². The fourth-order valence-corrected chi connectivity index (χ4v) is 2.89. The van der Waals surface area contributed by atoms with E-state index in [1.807, 2.05) is 18.2 Å². The lowest BCUT2D eigenvalue weighted by Gasteiger charge is -2.03. The monoisotopic (exact) mass is 225 g/mol. The van der Waals surface area contributed by atoms with Gasteiger partial charge in [0.15, 0.2) is 0 Å². The third kappa shape index (κ3) is 1.39. The van der Waals surface area contributed by atoms with Crippen molar-refractivity contribution in [2.24, 2.45) is 0 Å². The van der Waals surface area contributed by atoms with E-state index in [1.165, 1.54) is 15.6 Å². The largest absolute Gasteiger partial charge is 0.398 e. The maximum absolute atomic E-state index is 6.01. The number of hydrogen-bond donors (Lipinski definition) is 1. The van der Waals surface area contributed by atoms with Crippen LogP contribution in [0.2, 0.25) is 0 Å². The van der Waals surface area contributed by atoms with E-state index in [0.717, 1.165) is 11.3 Å². The molecule has 0 bridgehead atoms. The molecule has 0 aliphatic rings. The number of para-hydroxylation sites is 1. The molecule has 0 saturated carbocycles. The molecule has 1 aromatic heterocycles. The Hall–Kier alpha value is -1.80. The average molecular weight is 225 g/mol. The van der Waals surface area contributed by atoms with Crippen LogP contribution >= 0.6 is 11.3 Å². The highest BCUT2D eigenvalue weighted by molar-refractivity contribution is 7.17. The molecule has 78 valence electrons. The minimum absolute atomic E-state index is 0.839. The molecule has 16 heavy (non-hydrogen) atoms. The van der Waals surface area contributed by atoms with Gasteiger partial charge in [-0.2, -0.15) is 0 Å². The van der Waals surface area contributed by atoms with Gasteiger partial charge in [0.05, 0.1) is 0 Å². The highest BCUT2D eigenvalue weighted by Gasteiger charge is 2.07. The number of nitrogens with two attached hydrogens (primary N) is 1. The first-order chi connectivity index (χ1) is 7.86. The van der Waals surface area contributed by atoms with Crippen LogP contribution in [0.1, 0.15) is 0 Å². The molecule has 0 unspecified atom stereocenters. The van der Waals surface area contributed by atoms with Crippen molar-refractivity contribution in [1.82, 2.24) is 0 Å². The van der Waals surface area contributed by atoms with Gasteiger partial charge in [-0.3, -0.25) is 0 Å². The van der Waals surface area contributed by atoms with Gasteiger partial charge in [-0.15, -0.1) is 11.3 Å². The minimum Gasteiger partial charge on any atom is -0.398 e. The lowest BCUT2D eigenvalue weighted by Crippen LogP contribution is -1.87. The van der Waals surface area contributed by atoms with Crippen LogP contribution in [0.15, 0.2) is 53.9 Å². The molecule has 0 fully saturated rings. The zero-order valence-electron chi connectivity index (χ0n) is 8.68. The molecule has 0 aliphatic carbocycles. The SMILES string of the molecule is Nc1ccccc1-c1csc2ccccc12. The van der Waals surface area contributed by atoms with E-state index in [9.17, 15) is 0 Å². The van der Waals surface area contributed by atoms with Crippen molar-refractivity contribution in [2.75, 3.05) is 5.73 Å². The standard InChI is InChI=1S/C14H11NS/c15-13-7-3-1-5-10(13)12-9-16-14-8-4-2-6-11(12)14/h1-9H,15H2. The predicted molar refractivity (Wildman–Crippen MR) is 71.7 cm³/mol. The molecule has 0 aliphatic heterocycles. The quantitative estimate of drug-likeness (QED) is 0.618. The molecule has 3 aromatic rings. The third-order valence-electron chi connectivity index (χ3n) is 2.73. The smallest absolute Gasteiger partial charge is 0.0394 e. The van der Waals surface area contributed by atoms with Crippen molar-refractivity contribution in [3.8, 4) is 11.1 Å². The van der Waals surface area contributed by atoms with Crippen LogP contribution in [0.5, 0.6) is 0 Å². The molecule has 3 rings (SSSR count). The molecule has 0 radical (unpaired) electrons. The summed E-state index contributed by atoms with van der Waals surface area (Å²) in [5.41, 5.74) is 9.21. The minimum atomic E-state index is 0.839. The lowest BCUT2D eigenvalue weighted by atomic mass is 10.0. The van der Waals surface area contributed by atoms with Gasteiger partial charge in [-0.05, 0) is 17.5 Å². The van der Waals surface area contributed by atoms with Gasteiger partial charge in [-0.1, -0.05) is 36.4 Å². The maximum Gasteiger partial charge on any atom is 0.0394 e. The summed E-state index contributed by atoms with van der Waals surface area (Å²) in [6.45, 7) is 0. The number of rotatable bonds is 1. The Balaban J connectivity index is 2.31. The van der Waals surface area contributed by atoms with E-state index in [1.54, 1.807) is 11.3 Å². The fraction of sp³-hybridized carbons (Fsp3) is 0. The Morgan fingerprint density at radius 1 is 0.812 bits per heavy atom. The lowest BCUT2D eigenvalue weighted by molar-refractivity contribution is 1.67. The van der Waals surface area contributed by atoms with Crippen LogP contribution in [0.4, 0.5) is 5.69 Å². The van der Waals surface area contributed by atoms with E-state index >= 15 is 0 Å². The van der Waals surface area contributed by atoms with Crippen molar-refractivity contribution >= 4 is 27.1 Å². The molecule has 2 N–H and O–H groups in total. The van der Waals surface area contributed by atoms with Gasteiger partial charge >= 0.3 is 0 Å². The highest BCUT2D eigenvalue weighted by atomic mass is 32.1. The molecular formula is C14H11NS. The number of fused-ring (bicyclic) bond motifs is 1. The molecule has 2 heteroatoms. The van der Waals surface area contributed by atoms with E-state index in [-0.39, 0.29) is 0 Å². The van der Waals surface area contributed by atoms with Crippen molar-refractivity contribution < 1.29 is 0 Å². The second-order valence-electron chi connectivity index (χ2n) is 3.73. The Labute approximate surface area is 98.2 Å². The zero-order chi connectivity index (χ0) is 11.0. The zero-order valence-corrected chi connectivity index (χ0v) is 9.50.